The van der Waals surface area contributed by atoms with Crippen molar-refractivity contribution in [1.82, 2.24) is 14.6 Å². The summed E-state index contributed by atoms with van der Waals surface area (Å²) in [5.74, 6) is -0.715. The number of alkyl halides is 3. The van der Waals surface area contributed by atoms with Gasteiger partial charge in [-0.1, -0.05) is 12.1 Å². The van der Waals surface area contributed by atoms with Gasteiger partial charge in [-0.3, -0.25) is 0 Å². The summed E-state index contributed by atoms with van der Waals surface area (Å²) >= 11 is 0. The summed E-state index contributed by atoms with van der Waals surface area (Å²) in [6.45, 7) is 2.71. The third kappa shape index (κ3) is 5.17. The Morgan fingerprint density at radius 1 is 1.14 bits per heavy atom. The van der Waals surface area contributed by atoms with E-state index >= 15 is 0 Å². The molecule has 0 aliphatic heterocycles. The first-order valence-electron chi connectivity index (χ1n) is 10.4. The SMILES string of the molecule is CCOCc1cn2ncnc(N)c2c1-c1ccc(NC(=O)Nc2cc(C(F)(F)F)ccc2F)cc1. The van der Waals surface area contributed by atoms with E-state index in [9.17, 15) is 22.4 Å². The molecule has 0 aliphatic rings. The highest BCUT2D eigenvalue weighted by Crippen LogP contribution is 2.34. The van der Waals surface area contributed by atoms with Crippen LogP contribution in [0.15, 0.2) is 55.0 Å². The average Bonchev–Trinajstić information content (AvgIpc) is 3.18. The molecule has 0 saturated heterocycles. The van der Waals surface area contributed by atoms with Crippen LogP contribution in [0.25, 0.3) is 16.6 Å². The van der Waals surface area contributed by atoms with Gasteiger partial charge in [-0.15, -0.1) is 0 Å². The molecule has 4 N–H and O–H groups in total. The number of nitrogen functional groups attached to an aromatic ring is 1. The second-order valence-corrected chi connectivity index (χ2v) is 7.45. The molecule has 2 heterocycles. The molecule has 0 bridgehead atoms. The number of carbonyl (C=O) groups is 1. The van der Waals surface area contributed by atoms with Crippen molar-refractivity contribution in [2.45, 2.75) is 19.7 Å². The summed E-state index contributed by atoms with van der Waals surface area (Å²) in [6, 6.07) is 7.49. The van der Waals surface area contributed by atoms with Crippen molar-refractivity contribution >= 4 is 28.7 Å². The highest BCUT2D eigenvalue weighted by atomic mass is 19.4. The first kappa shape index (κ1) is 24.0. The monoisotopic (exact) mass is 488 g/mol. The van der Waals surface area contributed by atoms with Crippen LogP contribution in [0.3, 0.4) is 0 Å². The first-order chi connectivity index (χ1) is 16.7. The topological polar surface area (TPSA) is 107 Å². The molecule has 0 spiro atoms. The van der Waals surface area contributed by atoms with E-state index in [0.29, 0.717) is 42.6 Å². The van der Waals surface area contributed by atoms with Crippen LogP contribution in [0, 0.1) is 5.82 Å². The van der Waals surface area contributed by atoms with Gasteiger partial charge >= 0.3 is 12.2 Å². The number of halogens is 4. The number of benzene rings is 2. The minimum atomic E-state index is -4.67. The minimum Gasteiger partial charge on any atom is -0.382 e. The van der Waals surface area contributed by atoms with E-state index in [2.05, 4.69) is 20.7 Å². The number of hydrogen-bond donors (Lipinski definition) is 3. The molecular weight excluding hydrogens is 468 g/mol. The smallest absolute Gasteiger partial charge is 0.382 e. The second-order valence-electron chi connectivity index (χ2n) is 7.45. The van der Waals surface area contributed by atoms with E-state index in [0.717, 1.165) is 16.7 Å². The lowest BCUT2D eigenvalue weighted by molar-refractivity contribution is -0.137. The number of urea groups is 1. The number of carbonyl (C=O) groups excluding carboxylic acids is 1. The van der Waals surface area contributed by atoms with Crippen molar-refractivity contribution in [2.24, 2.45) is 0 Å². The van der Waals surface area contributed by atoms with E-state index in [1.165, 1.54) is 6.33 Å². The minimum absolute atomic E-state index is 0.280. The Bertz CT molecular complexity index is 1370. The third-order valence-corrected chi connectivity index (χ3v) is 5.12. The van der Waals surface area contributed by atoms with Crippen molar-refractivity contribution in [3.8, 4) is 11.1 Å². The lowest BCUT2D eigenvalue weighted by Crippen LogP contribution is -2.20. The van der Waals surface area contributed by atoms with Crippen LogP contribution in [0.1, 0.15) is 18.1 Å². The standard InChI is InChI=1S/C23H20F4N6O2/c1-2-35-11-14-10-33-20(21(28)29-12-30-33)19(14)13-3-6-16(7-4-13)31-22(34)32-18-9-15(23(25,26)27)5-8-17(18)24/h3-10,12H,2,11H2,1H3,(H2,28,29,30)(H2,31,32,34). The number of ether oxygens (including phenoxy) is 1. The largest absolute Gasteiger partial charge is 0.416 e. The Morgan fingerprint density at radius 3 is 2.57 bits per heavy atom. The lowest BCUT2D eigenvalue weighted by atomic mass is 10.0. The predicted molar refractivity (Wildman–Crippen MR) is 122 cm³/mol. The van der Waals surface area contributed by atoms with Crippen LogP contribution in [0.2, 0.25) is 0 Å². The Balaban J connectivity index is 1.56. The van der Waals surface area contributed by atoms with Gasteiger partial charge < -0.3 is 21.1 Å². The molecule has 12 heteroatoms. The molecule has 2 aromatic heterocycles. The summed E-state index contributed by atoms with van der Waals surface area (Å²) in [7, 11) is 0. The van der Waals surface area contributed by atoms with Gasteiger partial charge in [0.05, 0.1) is 17.9 Å². The van der Waals surface area contributed by atoms with Gasteiger partial charge in [-0.2, -0.15) is 18.3 Å². The molecule has 4 rings (SSSR count). The summed E-state index contributed by atoms with van der Waals surface area (Å²) < 4.78 is 59.7. The van der Waals surface area contributed by atoms with Crippen molar-refractivity contribution in [3.05, 3.63) is 71.9 Å². The molecule has 0 unspecified atom stereocenters. The Kier molecular flexibility index (Phi) is 6.56. The molecule has 8 nitrogen and oxygen atoms in total. The molecule has 0 atom stereocenters. The van der Waals surface area contributed by atoms with Crippen molar-refractivity contribution in [3.63, 3.8) is 0 Å². The lowest BCUT2D eigenvalue weighted by Gasteiger charge is -2.12. The highest BCUT2D eigenvalue weighted by molar-refractivity contribution is 6.00. The van der Waals surface area contributed by atoms with Gasteiger partial charge in [0.2, 0.25) is 0 Å². The van der Waals surface area contributed by atoms with Crippen molar-refractivity contribution in [2.75, 3.05) is 23.0 Å². The number of nitrogens with one attached hydrogen (secondary N) is 2. The fourth-order valence-electron chi connectivity index (χ4n) is 3.53. The number of amides is 2. The van der Waals surface area contributed by atoms with Crippen molar-refractivity contribution < 1.29 is 27.1 Å². The fraction of sp³-hybridized carbons (Fsp3) is 0.174. The van der Waals surface area contributed by atoms with E-state index in [1.807, 2.05) is 6.92 Å². The number of nitrogens with zero attached hydrogens (tertiary/aromatic N) is 3. The number of anilines is 3. The molecular formula is C23H20F4N6O2. The summed E-state index contributed by atoms with van der Waals surface area (Å²) in [4.78, 5) is 16.3. The van der Waals surface area contributed by atoms with Gasteiger partial charge in [-0.05, 0) is 42.8 Å². The average molecular weight is 488 g/mol. The van der Waals surface area contributed by atoms with E-state index < -0.39 is 29.3 Å². The molecule has 35 heavy (non-hydrogen) atoms. The van der Waals surface area contributed by atoms with E-state index in [-0.39, 0.29) is 5.82 Å². The third-order valence-electron chi connectivity index (χ3n) is 5.12. The summed E-state index contributed by atoms with van der Waals surface area (Å²) in [5.41, 5.74) is 7.68. The fourth-order valence-corrected chi connectivity index (χ4v) is 3.53. The zero-order valence-corrected chi connectivity index (χ0v) is 18.4. The molecule has 0 fully saturated rings. The zero-order valence-electron chi connectivity index (χ0n) is 18.4. The second kappa shape index (κ2) is 9.58. The van der Waals surface area contributed by atoms with Crippen LogP contribution < -0.4 is 16.4 Å². The van der Waals surface area contributed by atoms with Gasteiger partial charge in [0.15, 0.2) is 5.82 Å². The van der Waals surface area contributed by atoms with Crippen LogP contribution in [0.5, 0.6) is 0 Å². The number of nitrogens with two attached hydrogens (primary N) is 1. The van der Waals surface area contributed by atoms with E-state index in [1.54, 1.807) is 35.0 Å². The molecule has 4 aromatic rings. The Hall–Kier alpha value is -4.19. The maximum Gasteiger partial charge on any atom is 0.416 e. The van der Waals surface area contributed by atoms with Crippen molar-refractivity contribution in [1.29, 1.82) is 0 Å². The Labute approximate surface area is 196 Å². The van der Waals surface area contributed by atoms with Gasteiger partial charge in [-0.25, -0.2) is 18.7 Å². The van der Waals surface area contributed by atoms with Crippen LogP contribution in [0.4, 0.5) is 39.5 Å². The quantitative estimate of drug-likeness (QED) is 0.319. The normalized spacial score (nSPS) is 11.6. The molecule has 182 valence electrons. The van der Waals surface area contributed by atoms with Crippen LogP contribution in [-0.4, -0.2) is 27.2 Å². The van der Waals surface area contributed by atoms with Gasteiger partial charge in [0, 0.05) is 29.6 Å². The molecule has 2 amide bonds. The predicted octanol–water partition coefficient (Wildman–Crippen LogP) is 5.32. The van der Waals surface area contributed by atoms with E-state index in [4.69, 9.17) is 10.5 Å². The number of hydrogen-bond acceptors (Lipinski definition) is 5. The number of aromatic nitrogens is 3. The molecule has 0 radical (unpaired) electrons. The Morgan fingerprint density at radius 2 is 1.89 bits per heavy atom. The molecule has 0 saturated carbocycles. The van der Waals surface area contributed by atoms with Crippen LogP contribution in [-0.2, 0) is 17.5 Å². The zero-order chi connectivity index (χ0) is 25.2. The summed E-state index contributed by atoms with van der Waals surface area (Å²) in [6.07, 6.45) is -1.54. The summed E-state index contributed by atoms with van der Waals surface area (Å²) in [5, 5.41) is 8.75. The molecule has 2 aromatic carbocycles. The maximum absolute atomic E-state index is 13.9. The van der Waals surface area contributed by atoms with Gasteiger partial charge in [0.25, 0.3) is 0 Å². The van der Waals surface area contributed by atoms with Crippen LogP contribution >= 0.6 is 0 Å². The van der Waals surface area contributed by atoms with Gasteiger partial charge in [0.1, 0.15) is 17.7 Å². The number of fused-ring (bicyclic) bond motifs is 1. The maximum atomic E-state index is 13.9. The molecule has 0 aliphatic carbocycles. The first-order valence-corrected chi connectivity index (χ1v) is 10.4. The highest BCUT2D eigenvalue weighted by Gasteiger charge is 2.31. The number of rotatable bonds is 6.